The Labute approximate surface area is 95.8 Å². The number of rotatable bonds is 5. The Morgan fingerprint density at radius 3 is 2.56 bits per heavy atom. The van der Waals surface area contributed by atoms with E-state index in [0.29, 0.717) is 18.8 Å². The van der Waals surface area contributed by atoms with Crippen molar-refractivity contribution in [2.75, 3.05) is 18.6 Å². The van der Waals surface area contributed by atoms with Crippen LogP contribution in [0.4, 0.5) is 0 Å². The molecule has 1 aromatic rings. The van der Waals surface area contributed by atoms with Crippen molar-refractivity contribution in [3.8, 4) is 11.5 Å². The van der Waals surface area contributed by atoms with Gasteiger partial charge in [-0.25, -0.2) is 8.42 Å². The van der Waals surface area contributed by atoms with Crippen LogP contribution in [0.5, 0.6) is 11.5 Å². The first-order valence-electron chi connectivity index (χ1n) is 4.98. The predicted molar refractivity (Wildman–Crippen MR) is 62.7 cm³/mol. The molecule has 16 heavy (non-hydrogen) atoms. The highest BCUT2D eigenvalue weighted by Gasteiger charge is 2.02. The van der Waals surface area contributed by atoms with Gasteiger partial charge in [0.1, 0.15) is 21.3 Å². The molecule has 0 spiro atoms. The first-order valence-corrected chi connectivity index (χ1v) is 7.04. The lowest BCUT2D eigenvalue weighted by molar-refractivity contribution is 0.315. The van der Waals surface area contributed by atoms with Crippen LogP contribution in [0.15, 0.2) is 18.2 Å². The van der Waals surface area contributed by atoms with Crippen molar-refractivity contribution in [1.82, 2.24) is 0 Å². The van der Waals surface area contributed by atoms with Crippen LogP contribution in [0, 0.1) is 6.92 Å². The molecule has 0 aliphatic rings. The van der Waals surface area contributed by atoms with Crippen LogP contribution in [0.2, 0.25) is 0 Å². The number of phenols is 1. The summed E-state index contributed by atoms with van der Waals surface area (Å²) < 4.78 is 27.0. The van der Waals surface area contributed by atoms with Crippen molar-refractivity contribution in [3.05, 3.63) is 23.8 Å². The second kappa shape index (κ2) is 5.21. The number of sulfone groups is 1. The third kappa shape index (κ3) is 5.02. The van der Waals surface area contributed by atoms with Crippen LogP contribution >= 0.6 is 0 Å². The Hall–Kier alpha value is -1.23. The number of hydrogen-bond acceptors (Lipinski definition) is 4. The van der Waals surface area contributed by atoms with Gasteiger partial charge in [0.25, 0.3) is 0 Å². The van der Waals surface area contributed by atoms with E-state index in [1.54, 1.807) is 12.1 Å². The fourth-order valence-electron chi connectivity index (χ4n) is 1.32. The number of ether oxygens (including phenoxy) is 1. The minimum absolute atomic E-state index is 0.116. The molecule has 5 heteroatoms. The number of aryl methyl sites for hydroxylation is 1. The second-order valence-electron chi connectivity index (χ2n) is 3.84. The Morgan fingerprint density at radius 1 is 1.31 bits per heavy atom. The fourth-order valence-corrected chi connectivity index (χ4v) is 1.97. The highest BCUT2D eigenvalue weighted by atomic mass is 32.2. The molecule has 0 radical (unpaired) electrons. The van der Waals surface area contributed by atoms with E-state index in [4.69, 9.17) is 4.74 Å². The van der Waals surface area contributed by atoms with Crippen LogP contribution in [-0.2, 0) is 9.84 Å². The number of hydrogen-bond donors (Lipinski definition) is 1. The van der Waals surface area contributed by atoms with Crippen LogP contribution < -0.4 is 4.74 Å². The highest BCUT2D eigenvalue weighted by molar-refractivity contribution is 7.90. The van der Waals surface area contributed by atoms with Gasteiger partial charge in [-0.2, -0.15) is 0 Å². The molecule has 1 N–H and O–H groups in total. The predicted octanol–water partition coefficient (Wildman–Crippen LogP) is 1.51. The lowest BCUT2D eigenvalue weighted by Crippen LogP contribution is -2.07. The summed E-state index contributed by atoms with van der Waals surface area (Å²) in [6.07, 6.45) is 1.65. The molecule has 0 atom stereocenters. The summed E-state index contributed by atoms with van der Waals surface area (Å²) in [7, 11) is -2.92. The van der Waals surface area contributed by atoms with Crippen molar-refractivity contribution >= 4 is 9.84 Å². The van der Waals surface area contributed by atoms with Crippen molar-refractivity contribution in [1.29, 1.82) is 0 Å². The monoisotopic (exact) mass is 244 g/mol. The lowest BCUT2D eigenvalue weighted by Gasteiger charge is -2.07. The van der Waals surface area contributed by atoms with E-state index < -0.39 is 9.84 Å². The third-order valence-electron chi connectivity index (χ3n) is 1.96. The fraction of sp³-hybridized carbons (Fsp3) is 0.455. The average molecular weight is 244 g/mol. The molecule has 0 heterocycles. The Kier molecular flexibility index (Phi) is 4.18. The quantitative estimate of drug-likeness (QED) is 0.797. The molecule has 0 aromatic heterocycles. The van der Waals surface area contributed by atoms with Gasteiger partial charge in [-0.1, -0.05) is 0 Å². The van der Waals surface area contributed by atoms with Crippen molar-refractivity contribution in [3.63, 3.8) is 0 Å². The summed E-state index contributed by atoms with van der Waals surface area (Å²) in [6.45, 7) is 2.18. The Bertz CT molecular complexity index is 431. The maximum atomic E-state index is 10.9. The molecule has 1 aromatic carbocycles. The lowest BCUT2D eigenvalue weighted by atomic mass is 10.2. The van der Waals surface area contributed by atoms with E-state index in [-0.39, 0.29) is 11.5 Å². The summed E-state index contributed by atoms with van der Waals surface area (Å²) >= 11 is 0. The minimum atomic E-state index is -2.92. The largest absolute Gasteiger partial charge is 0.508 e. The van der Waals surface area contributed by atoms with E-state index in [0.717, 1.165) is 5.56 Å². The molecule has 0 bridgehead atoms. The van der Waals surface area contributed by atoms with Gasteiger partial charge >= 0.3 is 0 Å². The molecule has 0 saturated heterocycles. The maximum Gasteiger partial charge on any atom is 0.147 e. The molecule has 4 nitrogen and oxygen atoms in total. The van der Waals surface area contributed by atoms with Crippen LogP contribution in [-0.4, -0.2) is 32.1 Å². The van der Waals surface area contributed by atoms with Gasteiger partial charge in [0.2, 0.25) is 0 Å². The normalized spacial score (nSPS) is 11.4. The molecule has 0 aliphatic carbocycles. The molecule has 0 saturated carbocycles. The zero-order valence-electron chi connectivity index (χ0n) is 9.43. The third-order valence-corrected chi connectivity index (χ3v) is 2.99. The smallest absolute Gasteiger partial charge is 0.147 e. The van der Waals surface area contributed by atoms with Crippen molar-refractivity contribution < 1.29 is 18.3 Å². The highest BCUT2D eigenvalue weighted by Crippen LogP contribution is 2.21. The van der Waals surface area contributed by atoms with E-state index in [2.05, 4.69) is 0 Å². The SMILES string of the molecule is Cc1cc(O)cc(OCCCS(C)(=O)=O)c1. The van der Waals surface area contributed by atoms with Crippen molar-refractivity contribution in [2.45, 2.75) is 13.3 Å². The van der Waals surface area contributed by atoms with E-state index in [9.17, 15) is 13.5 Å². The zero-order valence-corrected chi connectivity index (χ0v) is 10.3. The molecular formula is C11H16O4S. The van der Waals surface area contributed by atoms with Crippen LogP contribution in [0.25, 0.3) is 0 Å². The average Bonchev–Trinajstić information content (AvgIpc) is 2.09. The zero-order chi connectivity index (χ0) is 12.2. The molecule has 0 amide bonds. The number of phenolic OH excluding ortho intramolecular Hbond substituents is 1. The van der Waals surface area contributed by atoms with E-state index in [1.807, 2.05) is 6.92 Å². The standard InChI is InChI=1S/C11H16O4S/c1-9-6-10(12)8-11(7-9)15-4-3-5-16(2,13)14/h6-8,12H,3-5H2,1-2H3. The van der Waals surface area contributed by atoms with Gasteiger partial charge < -0.3 is 9.84 Å². The summed E-state index contributed by atoms with van der Waals surface area (Å²) in [5.41, 5.74) is 0.901. The molecular weight excluding hydrogens is 228 g/mol. The molecule has 90 valence electrons. The van der Waals surface area contributed by atoms with Crippen molar-refractivity contribution in [2.24, 2.45) is 0 Å². The Morgan fingerprint density at radius 2 is 2.00 bits per heavy atom. The minimum Gasteiger partial charge on any atom is -0.508 e. The van der Waals surface area contributed by atoms with Crippen LogP contribution in [0.1, 0.15) is 12.0 Å². The molecule has 1 rings (SSSR count). The maximum absolute atomic E-state index is 10.9. The molecule has 0 unspecified atom stereocenters. The molecule has 0 aliphatic heterocycles. The number of benzene rings is 1. The van der Waals surface area contributed by atoms with Gasteiger partial charge in [0, 0.05) is 12.3 Å². The van der Waals surface area contributed by atoms with Gasteiger partial charge in [-0.3, -0.25) is 0 Å². The summed E-state index contributed by atoms with van der Waals surface area (Å²) in [5.74, 6) is 0.828. The van der Waals surface area contributed by atoms with Gasteiger partial charge in [-0.05, 0) is 31.0 Å². The topological polar surface area (TPSA) is 63.6 Å². The van der Waals surface area contributed by atoms with Gasteiger partial charge in [0.15, 0.2) is 0 Å². The number of aromatic hydroxyl groups is 1. The molecule has 0 fully saturated rings. The van der Waals surface area contributed by atoms with Gasteiger partial charge in [0.05, 0.1) is 12.4 Å². The Balaban J connectivity index is 2.43. The van der Waals surface area contributed by atoms with E-state index >= 15 is 0 Å². The van der Waals surface area contributed by atoms with Crippen LogP contribution in [0.3, 0.4) is 0 Å². The summed E-state index contributed by atoms with van der Waals surface area (Å²) in [5, 5.41) is 9.30. The summed E-state index contributed by atoms with van der Waals surface area (Å²) in [4.78, 5) is 0. The summed E-state index contributed by atoms with van der Waals surface area (Å²) in [6, 6.07) is 4.93. The first kappa shape index (κ1) is 12.8. The van der Waals surface area contributed by atoms with E-state index in [1.165, 1.54) is 12.3 Å². The first-order chi connectivity index (χ1) is 7.37. The second-order valence-corrected chi connectivity index (χ2v) is 6.10. The van der Waals surface area contributed by atoms with Gasteiger partial charge in [-0.15, -0.1) is 0 Å².